The van der Waals surface area contributed by atoms with E-state index in [-0.39, 0.29) is 0 Å². The van der Waals surface area contributed by atoms with E-state index in [0.29, 0.717) is 6.42 Å². The molecular formula is C12H16N2. The van der Waals surface area contributed by atoms with Gasteiger partial charge in [-0.15, -0.1) is 0 Å². The van der Waals surface area contributed by atoms with Crippen LogP contribution in [-0.2, 0) is 6.54 Å². The monoisotopic (exact) mass is 188 g/mol. The van der Waals surface area contributed by atoms with E-state index in [1.54, 1.807) is 0 Å². The van der Waals surface area contributed by atoms with E-state index in [1.807, 2.05) is 7.05 Å². The summed E-state index contributed by atoms with van der Waals surface area (Å²) in [5.41, 5.74) is 2.60. The molecule has 0 aliphatic carbocycles. The predicted octanol–water partition coefficient (Wildman–Crippen LogP) is 2.34. The van der Waals surface area contributed by atoms with Crippen LogP contribution >= 0.6 is 0 Å². The highest BCUT2D eigenvalue weighted by molar-refractivity contribution is 5.21. The van der Waals surface area contributed by atoms with Crippen LogP contribution in [0.2, 0.25) is 0 Å². The Morgan fingerprint density at radius 2 is 2.21 bits per heavy atom. The average Bonchev–Trinajstić information content (AvgIpc) is 2.15. The van der Waals surface area contributed by atoms with Gasteiger partial charge < -0.3 is 4.90 Å². The van der Waals surface area contributed by atoms with Crippen molar-refractivity contribution < 1.29 is 0 Å². The number of nitriles is 1. The maximum absolute atomic E-state index is 8.45. The molecule has 14 heavy (non-hydrogen) atoms. The second-order valence-corrected chi connectivity index (χ2v) is 3.63. The van der Waals surface area contributed by atoms with Crippen molar-refractivity contribution >= 4 is 0 Å². The summed E-state index contributed by atoms with van der Waals surface area (Å²) in [5, 5.41) is 8.45. The first-order chi connectivity index (χ1) is 6.72. The molecule has 1 aromatic rings. The number of hydrogen-bond donors (Lipinski definition) is 0. The third-order valence-electron chi connectivity index (χ3n) is 2.14. The molecule has 0 saturated heterocycles. The van der Waals surface area contributed by atoms with Crippen molar-refractivity contribution in [2.75, 3.05) is 13.6 Å². The van der Waals surface area contributed by atoms with Gasteiger partial charge in [0.1, 0.15) is 0 Å². The molecule has 0 heterocycles. The molecule has 0 saturated carbocycles. The third-order valence-corrected chi connectivity index (χ3v) is 2.14. The van der Waals surface area contributed by atoms with Gasteiger partial charge in [-0.05, 0) is 19.5 Å². The molecule has 0 radical (unpaired) electrons. The van der Waals surface area contributed by atoms with E-state index in [0.717, 1.165) is 13.1 Å². The zero-order valence-electron chi connectivity index (χ0n) is 8.83. The zero-order valence-corrected chi connectivity index (χ0v) is 8.83. The van der Waals surface area contributed by atoms with Crippen molar-refractivity contribution in [3.63, 3.8) is 0 Å². The van der Waals surface area contributed by atoms with Gasteiger partial charge in [-0.1, -0.05) is 29.8 Å². The van der Waals surface area contributed by atoms with Gasteiger partial charge in [-0.25, -0.2) is 0 Å². The first-order valence-electron chi connectivity index (χ1n) is 4.83. The van der Waals surface area contributed by atoms with E-state index in [9.17, 15) is 0 Å². The van der Waals surface area contributed by atoms with Gasteiger partial charge >= 0.3 is 0 Å². The molecule has 2 nitrogen and oxygen atoms in total. The van der Waals surface area contributed by atoms with Gasteiger partial charge in [0.15, 0.2) is 0 Å². The normalized spacial score (nSPS) is 10.1. The SMILES string of the molecule is Cc1cccc(CN(C)CCC#N)c1. The average molecular weight is 188 g/mol. The molecule has 2 heteroatoms. The van der Waals surface area contributed by atoms with Crippen LogP contribution in [0, 0.1) is 18.3 Å². The predicted molar refractivity (Wildman–Crippen MR) is 57.7 cm³/mol. The summed E-state index contributed by atoms with van der Waals surface area (Å²) in [6, 6.07) is 10.6. The van der Waals surface area contributed by atoms with Gasteiger partial charge in [0, 0.05) is 19.5 Å². The molecule has 0 aromatic heterocycles. The Morgan fingerprint density at radius 1 is 1.43 bits per heavy atom. The molecule has 0 fully saturated rings. The Bertz CT molecular complexity index is 325. The summed E-state index contributed by atoms with van der Waals surface area (Å²) < 4.78 is 0. The number of hydrogen-bond acceptors (Lipinski definition) is 2. The van der Waals surface area contributed by atoms with E-state index in [4.69, 9.17) is 5.26 Å². The van der Waals surface area contributed by atoms with Crippen molar-refractivity contribution in [3.05, 3.63) is 35.4 Å². The lowest BCUT2D eigenvalue weighted by Crippen LogP contribution is -2.18. The molecule has 0 N–H and O–H groups in total. The first kappa shape index (κ1) is 10.7. The summed E-state index contributed by atoms with van der Waals surface area (Å²) >= 11 is 0. The van der Waals surface area contributed by atoms with Crippen LogP contribution in [0.25, 0.3) is 0 Å². The molecule has 0 aliphatic rings. The lowest BCUT2D eigenvalue weighted by Gasteiger charge is -2.14. The molecule has 74 valence electrons. The van der Waals surface area contributed by atoms with E-state index in [1.165, 1.54) is 11.1 Å². The molecule has 1 aromatic carbocycles. The molecule has 0 aliphatic heterocycles. The van der Waals surface area contributed by atoms with Crippen molar-refractivity contribution in [2.24, 2.45) is 0 Å². The van der Waals surface area contributed by atoms with Crippen LogP contribution in [0.1, 0.15) is 17.5 Å². The first-order valence-corrected chi connectivity index (χ1v) is 4.83. The lowest BCUT2D eigenvalue weighted by molar-refractivity contribution is 0.335. The highest BCUT2D eigenvalue weighted by atomic mass is 15.1. The van der Waals surface area contributed by atoms with E-state index in [2.05, 4.69) is 42.2 Å². The molecule has 1 rings (SSSR count). The highest BCUT2D eigenvalue weighted by Crippen LogP contribution is 2.06. The van der Waals surface area contributed by atoms with Gasteiger partial charge in [-0.3, -0.25) is 0 Å². The van der Waals surface area contributed by atoms with Crippen LogP contribution in [0.15, 0.2) is 24.3 Å². The third kappa shape index (κ3) is 3.59. The minimum absolute atomic E-state index is 0.600. The Kier molecular flexibility index (Phi) is 4.15. The minimum Gasteiger partial charge on any atom is -0.301 e. The van der Waals surface area contributed by atoms with E-state index >= 15 is 0 Å². The Labute approximate surface area is 85.8 Å². The van der Waals surface area contributed by atoms with Crippen LogP contribution in [0.3, 0.4) is 0 Å². The molecule has 0 unspecified atom stereocenters. The second kappa shape index (κ2) is 5.41. The van der Waals surface area contributed by atoms with Crippen molar-refractivity contribution in [3.8, 4) is 6.07 Å². The number of aryl methyl sites for hydroxylation is 1. The van der Waals surface area contributed by atoms with Gasteiger partial charge in [0.05, 0.1) is 6.07 Å². The fraction of sp³-hybridized carbons (Fsp3) is 0.417. The summed E-state index contributed by atoms with van der Waals surface area (Å²) in [5.74, 6) is 0. The minimum atomic E-state index is 0.600. The van der Waals surface area contributed by atoms with Gasteiger partial charge in [0.25, 0.3) is 0 Å². The van der Waals surface area contributed by atoms with Gasteiger partial charge in [0.2, 0.25) is 0 Å². The maximum atomic E-state index is 8.45. The summed E-state index contributed by atoms with van der Waals surface area (Å²) in [6.07, 6.45) is 0.600. The van der Waals surface area contributed by atoms with Crippen molar-refractivity contribution in [1.82, 2.24) is 4.90 Å². The highest BCUT2D eigenvalue weighted by Gasteiger charge is 1.99. The summed E-state index contributed by atoms with van der Waals surface area (Å²) in [6.45, 7) is 3.85. The van der Waals surface area contributed by atoms with Crippen LogP contribution in [-0.4, -0.2) is 18.5 Å². The summed E-state index contributed by atoms with van der Waals surface area (Å²) in [4.78, 5) is 2.16. The Hall–Kier alpha value is -1.33. The number of benzene rings is 1. The summed E-state index contributed by atoms with van der Waals surface area (Å²) in [7, 11) is 2.04. The van der Waals surface area contributed by atoms with Crippen LogP contribution < -0.4 is 0 Å². The quantitative estimate of drug-likeness (QED) is 0.725. The molecule has 0 spiro atoms. The van der Waals surface area contributed by atoms with Crippen molar-refractivity contribution in [1.29, 1.82) is 5.26 Å². The van der Waals surface area contributed by atoms with Crippen LogP contribution in [0.4, 0.5) is 0 Å². The second-order valence-electron chi connectivity index (χ2n) is 3.63. The number of nitrogens with zero attached hydrogens (tertiary/aromatic N) is 2. The number of rotatable bonds is 4. The molecule has 0 atom stereocenters. The van der Waals surface area contributed by atoms with E-state index < -0.39 is 0 Å². The molecular weight excluding hydrogens is 172 g/mol. The fourth-order valence-electron chi connectivity index (χ4n) is 1.44. The molecule has 0 amide bonds. The van der Waals surface area contributed by atoms with Gasteiger partial charge in [-0.2, -0.15) is 5.26 Å². The molecule has 0 bridgehead atoms. The fourth-order valence-corrected chi connectivity index (χ4v) is 1.44. The lowest BCUT2D eigenvalue weighted by atomic mass is 10.1. The maximum Gasteiger partial charge on any atom is 0.0635 e. The Balaban J connectivity index is 2.48. The van der Waals surface area contributed by atoms with Crippen molar-refractivity contribution in [2.45, 2.75) is 19.9 Å². The largest absolute Gasteiger partial charge is 0.301 e. The zero-order chi connectivity index (χ0) is 10.4. The smallest absolute Gasteiger partial charge is 0.0635 e. The Morgan fingerprint density at radius 3 is 2.86 bits per heavy atom. The topological polar surface area (TPSA) is 27.0 Å². The standard InChI is InChI=1S/C12H16N2/c1-11-5-3-6-12(9-11)10-14(2)8-4-7-13/h3,5-6,9H,4,8,10H2,1-2H3. The van der Waals surface area contributed by atoms with Crippen LogP contribution in [0.5, 0.6) is 0 Å².